The molecule has 2 atom stereocenters. The molecular weight excluding hydrogens is 276 g/mol. The molecule has 0 bridgehead atoms. The Bertz CT molecular complexity index is 501. The van der Waals surface area contributed by atoms with Crippen LogP contribution in [-0.2, 0) is 4.74 Å². The minimum Gasteiger partial charge on any atom is -0.444 e. The van der Waals surface area contributed by atoms with E-state index in [-0.39, 0.29) is 23.5 Å². The summed E-state index contributed by atoms with van der Waals surface area (Å²) in [4.78, 5) is 15.3. The molecule has 0 saturated heterocycles. The quantitative estimate of drug-likeness (QED) is 0.532. The molecule has 1 rings (SSSR count). The van der Waals surface area contributed by atoms with E-state index in [1.54, 1.807) is 20.8 Å². The van der Waals surface area contributed by atoms with Crippen LogP contribution in [0.5, 0.6) is 0 Å². The van der Waals surface area contributed by atoms with Gasteiger partial charge >= 0.3 is 6.09 Å². The van der Waals surface area contributed by atoms with Crippen molar-refractivity contribution in [3.05, 3.63) is 18.0 Å². The van der Waals surface area contributed by atoms with Crippen molar-refractivity contribution in [2.75, 3.05) is 18.0 Å². The molecule has 8 heteroatoms. The number of nitrogens with zero attached hydrogens (tertiary/aromatic N) is 1. The van der Waals surface area contributed by atoms with Gasteiger partial charge in [-0.15, -0.1) is 0 Å². The summed E-state index contributed by atoms with van der Waals surface area (Å²) < 4.78 is 5.02. The molecule has 0 aliphatic carbocycles. The molecule has 1 heterocycles. The smallest absolute Gasteiger partial charge is 0.407 e. The second kappa shape index (κ2) is 6.59. The van der Waals surface area contributed by atoms with Crippen LogP contribution in [0.15, 0.2) is 12.4 Å². The molecule has 2 unspecified atom stereocenters. The average Bonchev–Trinajstić information content (AvgIpc) is 2.36. The van der Waals surface area contributed by atoms with Crippen LogP contribution in [0, 0.1) is 0 Å². The molecule has 8 nitrogen and oxygen atoms in total. The number of nitrogens with two attached hydrogens (primary N) is 2. The summed E-state index contributed by atoms with van der Waals surface area (Å²) in [5.41, 5.74) is 11.2. The van der Waals surface area contributed by atoms with Gasteiger partial charge in [-0.1, -0.05) is 0 Å². The van der Waals surface area contributed by atoms with Crippen LogP contribution in [0.1, 0.15) is 32.4 Å². The van der Waals surface area contributed by atoms with Gasteiger partial charge in [0.2, 0.25) is 0 Å². The standard InChI is InChI=1S/C13H22N4O4/c1-13(2,3)21-12(20)17-6-9(18)11(19)7-4-16-5-8(14)10(7)15/h4-5,9,11,18-19H,6,14H2,1-3H3,(H2,15,16)(H,17,20). The molecule has 118 valence electrons. The molecule has 0 aliphatic rings. The molecule has 0 spiro atoms. The number of hydrogen-bond acceptors (Lipinski definition) is 7. The Kier molecular flexibility index (Phi) is 5.34. The number of aromatic nitrogens is 1. The zero-order valence-corrected chi connectivity index (χ0v) is 12.3. The molecule has 21 heavy (non-hydrogen) atoms. The van der Waals surface area contributed by atoms with Crippen molar-refractivity contribution >= 4 is 17.5 Å². The first kappa shape index (κ1) is 17.0. The SMILES string of the molecule is CC(C)(C)OC(=O)NCC(O)C(O)c1cncc(N)c1N. The molecule has 0 saturated carbocycles. The fourth-order valence-electron chi connectivity index (χ4n) is 1.56. The Labute approximate surface area is 123 Å². The maximum atomic E-state index is 11.5. The summed E-state index contributed by atoms with van der Waals surface area (Å²) in [6.45, 7) is 4.95. The van der Waals surface area contributed by atoms with Crippen LogP contribution in [0.25, 0.3) is 0 Å². The van der Waals surface area contributed by atoms with Crippen molar-refractivity contribution < 1.29 is 19.7 Å². The second-order valence-electron chi connectivity index (χ2n) is 5.63. The lowest BCUT2D eigenvalue weighted by atomic mass is 10.0. The van der Waals surface area contributed by atoms with Gasteiger partial charge in [-0.05, 0) is 20.8 Å². The number of anilines is 2. The van der Waals surface area contributed by atoms with Crippen LogP contribution in [0.2, 0.25) is 0 Å². The lowest BCUT2D eigenvalue weighted by Gasteiger charge is -2.22. The molecule has 0 radical (unpaired) electrons. The lowest BCUT2D eigenvalue weighted by Crippen LogP contribution is -2.39. The average molecular weight is 298 g/mol. The predicted molar refractivity (Wildman–Crippen MR) is 78.3 cm³/mol. The van der Waals surface area contributed by atoms with Crippen molar-refractivity contribution in [2.45, 2.75) is 38.6 Å². The number of alkyl carbamates (subject to hydrolysis) is 1. The van der Waals surface area contributed by atoms with Crippen LogP contribution in [0.3, 0.4) is 0 Å². The predicted octanol–water partition coefficient (Wildman–Crippen LogP) is 0.165. The first-order valence-electron chi connectivity index (χ1n) is 6.43. The van der Waals surface area contributed by atoms with Crippen LogP contribution in [-0.4, -0.2) is 39.5 Å². The number of pyridine rings is 1. The molecule has 0 aliphatic heterocycles. The van der Waals surface area contributed by atoms with E-state index >= 15 is 0 Å². The van der Waals surface area contributed by atoms with E-state index in [1.165, 1.54) is 12.4 Å². The third kappa shape index (κ3) is 5.09. The van der Waals surface area contributed by atoms with E-state index in [2.05, 4.69) is 10.3 Å². The number of aliphatic hydroxyl groups is 2. The minimum atomic E-state index is -1.32. The van der Waals surface area contributed by atoms with Crippen molar-refractivity contribution in [1.82, 2.24) is 10.3 Å². The normalized spacial score (nSPS) is 14.3. The molecule has 0 aromatic carbocycles. The van der Waals surface area contributed by atoms with Gasteiger partial charge in [0.15, 0.2) is 0 Å². The topological polar surface area (TPSA) is 144 Å². The molecule has 0 fully saturated rings. The maximum Gasteiger partial charge on any atom is 0.407 e. The van der Waals surface area contributed by atoms with Crippen molar-refractivity contribution in [2.24, 2.45) is 0 Å². The van der Waals surface area contributed by atoms with E-state index in [0.29, 0.717) is 0 Å². The summed E-state index contributed by atoms with van der Waals surface area (Å²) in [5, 5.41) is 22.3. The first-order chi connectivity index (χ1) is 9.61. The number of nitrogen functional groups attached to an aromatic ring is 2. The number of hydrogen-bond donors (Lipinski definition) is 5. The summed E-state index contributed by atoms with van der Waals surface area (Å²) >= 11 is 0. The van der Waals surface area contributed by atoms with Crippen molar-refractivity contribution in [1.29, 1.82) is 0 Å². The number of ether oxygens (including phenoxy) is 1. The van der Waals surface area contributed by atoms with Crippen LogP contribution >= 0.6 is 0 Å². The van der Waals surface area contributed by atoms with Gasteiger partial charge in [0.05, 0.1) is 17.6 Å². The summed E-state index contributed by atoms with van der Waals surface area (Å²) in [5.74, 6) is 0. The number of aliphatic hydroxyl groups excluding tert-OH is 2. The van der Waals surface area contributed by atoms with Gasteiger partial charge in [-0.3, -0.25) is 4.98 Å². The lowest BCUT2D eigenvalue weighted by molar-refractivity contribution is 0.0131. The molecule has 7 N–H and O–H groups in total. The highest BCUT2D eigenvalue weighted by atomic mass is 16.6. The Balaban J connectivity index is 2.61. The summed E-state index contributed by atoms with van der Waals surface area (Å²) in [6, 6.07) is 0. The van der Waals surface area contributed by atoms with Crippen LogP contribution < -0.4 is 16.8 Å². The van der Waals surface area contributed by atoms with E-state index in [9.17, 15) is 15.0 Å². The van der Waals surface area contributed by atoms with Gasteiger partial charge in [0.25, 0.3) is 0 Å². The van der Waals surface area contributed by atoms with Crippen molar-refractivity contribution in [3.63, 3.8) is 0 Å². The molecule has 1 aromatic heterocycles. The Morgan fingerprint density at radius 3 is 2.57 bits per heavy atom. The Morgan fingerprint density at radius 1 is 1.38 bits per heavy atom. The van der Waals surface area contributed by atoms with Crippen LogP contribution in [0.4, 0.5) is 16.2 Å². The van der Waals surface area contributed by atoms with Gasteiger partial charge in [0, 0.05) is 18.3 Å². The second-order valence-corrected chi connectivity index (χ2v) is 5.63. The Hall–Kier alpha value is -2.06. The van der Waals surface area contributed by atoms with Crippen molar-refractivity contribution in [3.8, 4) is 0 Å². The van der Waals surface area contributed by atoms with E-state index in [1.807, 2.05) is 0 Å². The van der Waals surface area contributed by atoms with Gasteiger partial charge < -0.3 is 31.7 Å². The van der Waals surface area contributed by atoms with E-state index < -0.39 is 23.9 Å². The highest BCUT2D eigenvalue weighted by Gasteiger charge is 2.23. The Morgan fingerprint density at radius 2 is 2.00 bits per heavy atom. The third-order valence-electron chi connectivity index (χ3n) is 2.59. The fourth-order valence-corrected chi connectivity index (χ4v) is 1.56. The highest BCUT2D eigenvalue weighted by molar-refractivity contribution is 5.68. The number of amides is 1. The monoisotopic (exact) mass is 298 g/mol. The van der Waals surface area contributed by atoms with Gasteiger partial charge in [-0.25, -0.2) is 4.79 Å². The fraction of sp³-hybridized carbons (Fsp3) is 0.538. The molecular formula is C13H22N4O4. The molecule has 1 amide bonds. The summed E-state index contributed by atoms with van der Waals surface area (Å²) in [6.07, 6.45) is -0.629. The zero-order valence-electron chi connectivity index (χ0n) is 12.3. The number of nitrogens with one attached hydrogen (secondary N) is 1. The van der Waals surface area contributed by atoms with Gasteiger partial charge in [-0.2, -0.15) is 0 Å². The van der Waals surface area contributed by atoms with E-state index in [0.717, 1.165) is 0 Å². The minimum absolute atomic E-state index is 0.147. The van der Waals surface area contributed by atoms with E-state index in [4.69, 9.17) is 16.2 Å². The maximum absolute atomic E-state index is 11.5. The number of rotatable bonds is 4. The summed E-state index contributed by atoms with van der Waals surface area (Å²) in [7, 11) is 0. The highest BCUT2D eigenvalue weighted by Crippen LogP contribution is 2.26. The zero-order chi connectivity index (χ0) is 16.2. The first-order valence-corrected chi connectivity index (χ1v) is 6.43. The number of carbonyl (C=O) groups excluding carboxylic acids is 1. The molecule has 1 aromatic rings. The largest absolute Gasteiger partial charge is 0.444 e. The third-order valence-corrected chi connectivity index (χ3v) is 2.59. The van der Waals surface area contributed by atoms with Gasteiger partial charge in [0.1, 0.15) is 17.8 Å². The number of carbonyl (C=O) groups is 1.